The molecule has 1 unspecified atom stereocenters. The minimum absolute atomic E-state index is 0.207. The average molecular weight is 345 g/mol. The van der Waals surface area contributed by atoms with Crippen molar-refractivity contribution >= 4 is 11.8 Å². The van der Waals surface area contributed by atoms with Gasteiger partial charge in [-0.3, -0.25) is 0 Å². The van der Waals surface area contributed by atoms with Crippen molar-refractivity contribution in [3.05, 3.63) is 58.7 Å². The molecule has 0 aliphatic heterocycles. The number of benzene rings is 2. The Hall–Kier alpha value is -1.61. The average Bonchev–Trinajstić information content (AvgIpc) is 2.54. The van der Waals surface area contributed by atoms with Crippen molar-refractivity contribution in [2.45, 2.75) is 39.9 Å². The molecule has 0 bridgehead atoms. The quantitative estimate of drug-likeness (QED) is 0.590. The van der Waals surface area contributed by atoms with Crippen LogP contribution < -0.4 is 9.47 Å². The summed E-state index contributed by atoms with van der Waals surface area (Å²) in [5, 5.41) is 0.207. The molecule has 0 amide bonds. The summed E-state index contributed by atoms with van der Waals surface area (Å²) in [6.07, 6.45) is 0. The molecule has 130 valence electrons. The van der Waals surface area contributed by atoms with E-state index >= 15 is 0 Å². The molecule has 1 atom stereocenters. The Balaban J connectivity index is 2.62. The van der Waals surface area contributed by atoms with Crippen molar-refractivity contribution in [3.8, 4) is 11.5 Å². The second-order valence-electron chi connectivity index (χ2n) is 5.79. The maximum absolute atomic E-state index is 5.99. The van der Waals surface area contributed by atoms with Crippen molar-refractivity contribution in [1.82, 2.24) is 0 Å². The first-order valence-electron chi connectivity index (χ1n) is 8.68. The van der Waals surface area contributed by atoms with Crippen LogP contribution in [0.4, 0.5) is 0 Å². The molecular formula is C21H28O2S. The summed E-state index contributed by atoms with van der Waals surface area (Å²) in [4.78, 5) is 0. The molecule has 24 heavy (non-hydrogen) atoms. The molecule has 0 N–H and O–H groups in total. The van der Waals surface area contributed by atoms with Crippen LogP contribution in [0.1, 0.15) is 48.3 Å². The zero-order chi connectivity index (χ0) is 17.5. The Labute approximate surface area is 150 Å². The van der Waals surface area contributed by atoms with Gasteiger partial charge in [0, 0.05) is 0 Å². The highest BCUT2D eigenvalue weighted by molar-refractivity contribution is 7.99. The summed E-state index contributed by atoms with van der Waals surface area (Å²) >= 11 is 1.92. The second-order valence-corrected chi connectivity index (χ2v) is 7.17. The summed E-state index contributed by atoms with van der Waals surface area (Å²) in [5.41, 5.74) is 4.89. The fourth-order valence-corrected chi connectivity index (χ4v) is 3.96. The largest absolute Gasteiger partial charge is 0.493 e. The van der Waals surface area contributed by atoms with Crippen LogP contribution in [0.15, 0.2) is 36.4 Å². The standard InChI is InChI=1S/C21H28O2S/c1-6-22-18-13-16(5)14-19(23-7-2)20(18)21(24-8-3)17-11-9-10-15(4)12-17/h9-14,21H,6-8H2,1-5H3. The van der Waals surface area contributed by atoms with Crippen LogP contribution in [0.25, 0.3) is 0 Å². The molecule has 0 fully saturated rings. The van der Waals surface area contributed by atoms with Gasteiger partial charge in [-0.2, -0.15) is 0 Å². The van der Waals surface area contributed by atoms with E-state index in [0.717, 1.165) is 28.4 Å². The van der Waals surface area contributed by atoms with E-state index in [9.17, 15) is 0 Å². The molecule has 2 nitrogen and oxygen atoms in total. The molecular weight excluding hydrogens is 316 g/mol. The molecule has 0 saturated heterocycles. The molecule has 0 spiro atoms. The molecule has 0 radical (unpaired) electrons. The monoisotopic (exact) mass is 344 g/mol. The zero-order valence-electron chi connectivity index (χ0n) is 15.4. The van der Waals surface area contributed by atoms with Crippen molar-refractivity contribution in [1.29, 1.82) is 0 Å². The number of thioether (sulfide) groups is 1. The molecule has 2 rings (SSSR count). The summed E-state index contributed by atoms with van der Waals surface area (Å²) in [6.45, 7) is 11.8. The van der Waals surface area contributed by atoms with Crippen LogP contribution in [0.2, 0.25) is 0 Å². The second kappa shape index (κ2) is 9.03. The molecule has 0 aliphatic carbocycles. The van der Waals surface area contributed by atoms with Crippen LogP contribution in [-0.4, -0.2) is 19.0 Å². The number of rotatable bonds is 8. The first kappa shape index (κ1) is 18.7. The van der Waals surface area contributed by atoms with Crippen molar-refractivity contribution < 1.29 is 9.47 Å². The van der Waals surface area contributed by atoms with E-state index in [-0.39, 0.29) is 5.25 Å². The smallest absolute Gasteiger partial charge is 0.127 e. The van der Waals surface area contributed by atoms with Gasteiger partial charge >= 0.3 is 0 Å². The first-order valence-corrected chi connectivity index (χ1v) is 9.73. The summed E-state index contributed by atoms with van der Waals surface area (Å²) in [7, 11) is 0. The summed E-state index contributed by atoms with van der Waals surface area (Å²) in [5.74, 6) is 2.91. The van der Waals surface area contributed by atoms with Crippen LogP contribution in [0, 0.1) is 13.8 Å². The van der Waals surface area contributed by atoms with Gasteiger partial charge in [-0.05, 0) is 56.7 Å². The van der Waals surface area contributed by atoms with Gasteiger partial charge in [0.2, 0.25) is 0 Å². The van der Waals surface area contributed by atoms with Crippen molar-refractivity contribution in [2.75, 3.05) is 19.0 Å². The lowest BCUT2D eigenvalue weighted by atomic mass is 9.99. The normalized spacial score (nSPS) is 12.0. The lowest BCUT2D eigenvalue weighted by Crippen LogP contribution is -2.07. The van der Waals surface area contributed by atoms with Crippen LogP contribution in [0.5, 0.6) is 11.5 Å². The van der Waals surface area contributed by atoms with Gasteiger partial charge in [-0.1, -0.05) is 36.8 Å². The van der Waals surface area contributed by atoms with Gasteiger partial charge in [0.1, 0.15) is 11.5 Å². The van der Waals surface area contributed by atoms with E-state index in [2.05, 4.69) is 57.2 Å². The topological polar surface area (TPSA) is 18.5 Å². The Morgan fingerprint density at radius 1 is 0.875 bits per heavy atom. The zero-order valence-corrected chi connectivity index (χ0v) is 16.2. The van der Waals surface area contributed by atoms with E-state index in [1.54, 1.807) is 0 Å². The number of ether oxygens (including phenoxy) is 2. The van der Waals surface area contributed by atoms with E-state index in [1.165, 1.54) is 11.1 Å². The van der Waals surface area contributed by atoms with E-state index in [4.69, 9.17) is 9.47 Å². The third-order valence-corrected chi connectivity index (χ3v) is 4.96. The van der Waals surface area contributed by atoms with Gasteiger partial charge in [-0.15, -0.1) is 11.8 Å². The van der Waals surface area contributed by atoms with Crippen LogP contribution >= 0.6 is 11.8 Å². The molecule has 3 heteroatoms. The van der Waals surface area contributed by atoms with Gasteiger partial charge in [0.15, 0.2) is 0 Å². The SMILES string of the molecule is CCOc1cc(C)cc(OCC)c1C(SCC)c1cccc(C)c1. The van der Waals surface area contributed by atoms with Gasteiger partial charge in [0.25, 0.3) is 0 Å². The molecule has 0 heterocycles. The molecule has 0 saturated carbocycles. The fraction of sp³-hybridized carbons (Fsp3) is 0.429. The highest BCUT2D eigenvalue weighted by Crippen LogP contribution is 2.46. The van der Waals surface area contributed by atoms with E-state index < -0.39 is 0 Å². The maximum Gasteiger partial charge on any atom is 0.127 e. The third-order valence-electron chi connectivity index (χ3n) is 3.79. The van der Waals surface area contributed by atoms with Gasteiger partial charge < -0.3 is 9.47 Å². The number of aryl methyl sites for hydroxylation is 2. The number of hydrogen-bond acceptors (Lipinski definition) is 3. The number of hydrogen-bond donors (Lipinski definition) is 0. The van der Waals surface area contributed by atoms with E-state index in [1.807, 2.05) is 25.6 Å². The lowest BCUT2D eigenvalue weighted by Gasteiger charge is -2.24. The molecule has 0 aliphatic rings. The molecule has 2 aromatic carbocycles. The lowest BCUT2D eigenvalue weighted by molar-refractivity contribution is 0.316. The van der Waals surface area contributed by atoms with Crippen LogP contribution in [-0.2, 0) is 0 Å². The Morgan fingerprint density at radius 3 is 2.00 bits per heavy atom. The molecule has 0 aromatic heterocycles. The Bertz CT molecular complexity index is 640. The highest BCUT2D eigenvalue weighted by Gasteiger charge is 2.24. The fourth-order valence-electron chi connectivity index (χ4n) is 2.89. The first-order chi connectivity index (χ1) is 11.6. The predicted octanol–water partition coefficient (Wildman–Crippen LogP) is 5.94. The maximum atomic E-state index is 5.99. The van der Waals surface area contributed by atoms with Gasteiger partial charge in [0.05, 0.1) is 24.0 Å². The minimum atomic E-state index is 0.207. The van der Waals surface area contributed by atoms with Gasteiger partial charge in [-0.25, -0.2) is 0 Å². The van der Waals surface area contributed by atoms with E-state index in [0.29, 0.717) is 13.2 Å². The Morgan fingerprint density at radius 2 is 1.50 bits per heavy atom. The third kappa shape index (κ3) is 4.47. The molecule has 2 aromatic rings. The minimum Gasteiger partial charge on any atom is -0.493 e. The summed E-state index contributed by atoms with van der Waals surface area (Å²) in [6, 6.07) is 13.0. The predicted molar refractivity (Wildman–Crippen MR) is 105 cm³/mol. The van der Waals surface area contributed by atoms with Crippen LogP contribution in [0.3, 0.4) is 0 Å². The Kier molecular flexibility index (Phi) is 7.04. The summed E-state index contributed by atoms with van der Waals surface area (Å²) < 4.78 is 12.0. The van der Waals surface area contributed by atoms with Crippen molar-refractivity contribution in [2.24, 2.45) is 0 Å². The highest BCUT2D eigenvalue weighted by atomic mass is 32.2. The van der Waals surface area contributed by atoms with Crippen molar-refractivity contribution in [3.63, 3.8) is 0 Å².